The molecule has 0 unspecified atom stereocenters. The van der Waals surface area contributed by atoms with Crippen molar-refractivity contribution in [3.63, 3.8) is 0 Å². The van der Waals surface area contributed by atoms with Gasteiger partial charge in [0, 0.05) is 15.7 Å². The van der Waals surface area contributed by atoms with Crippen LogP contribution in [0.15, 0.2) is 59.1 Å². The van der Waals surface area contributed by atoms with Crippen LogP contribution in [-0.2, 0) is 16.0 Å². The summed E-state index contributed by atoms with van der Waals surface area (Å²) in [7, 11) is 0. The lowest BCUT2D eigenvalue weighted by Gasteiger charge is -2.18. The monoisotopic (exact) mass is 417 g/mol. The summed E-state index contributed by atoms with van der Waals surface area (Å²) in [6.07, 6.45) is 0.422. The van der Waals surface area contributed by atoms with Crippen LogP contribution in [0.25, 0.3) is 0 Å². The summed E-state index contributed by atoms with van der Waals surface area (Å²) >= 11 is 13.0. The first kappa shape index (κ1) is 19.3. The minimum Gasteiger partial charge on any atom is -0.365 e. The molecule has 5 nitrogen and oxygen atoms in total. The number of halogens is 2. The Hall–Kier alpha value is -2.46. The lowest BCUT2D eigenvalue weighted by molar-refractivity contribution is -0.117. The van der Waals surface area contributed by atoms with Crippen LogP contribution < -0.4 is 10.6 Å². The van der Waals surface area contributed by atoms with Crippen molar-refractivity contribution in [2.75, 3.05) is 4.90 Å². The Kier molecular flexibility index (Phi) is 5.76. The lowest BCUT2D eigenvalue weighted by atomic mass is 10.1. The van der Waals surface area contributed by atoms with E-state index in [0.29, 0.717) is 22.2 Å². The van der Waals surface area contributed by atoms with Gasteiger partial charge in [-0.1, -0.05) is 47.1 Å². The number of benzene rings is 2. The van der Waals surface area contributed by atoms with Crippen LogP contribution in [0, 0.1) is 11.3 Å². The smallest absolute Gasteiger partial charge is 0.262 e. The number of carbonyl (C=O) groups is 2. The van der Waals surface area contributed by atoms with E-state index in [2.05, 4.69) is 0 Å². The first-order valence-corrected chi connectivity index (χ1v) is 9.49. The summed E-state index contributed by atoms with van der Waals surface area (Å²) in [5.41, 5.74) is 6.53. The minimum absolute atomic E-state index is 0.233. The van der Waals surface area contributed by atoms with Crippen LogP contribution in [0.1, 0.15) is 5.56 Å². The molecule has 1 saturated heterocycles. The predicted molar refractivity (Wildman–Crippen MR) is 107 cm³/mol. The number of amides is 2. The lowest BCUT2D eigenvalue weighted by Crippen LogP contribution is -2.31. The van der Waals surface area contributed by atoms with Crippen molar-refractivity contribution in [2.24, 2.45) is 5.73 Å². The SMILES string of the molecule is N#C/C(C(N)=O)=C1/S[C@@H](Cc2ccc(Cl)cc2)C(=O)N1c1ccc(Cl)cc1. The van der Waals surface area contributed by atoms with E-state index in [0.717, 1.165) is 17.3 Å². The normalized spacial score (nSPS) is 18.3. The highest BCUT2D eigenvalue weighted by Crippen LogP contribution is 2.42. The fourth-order valence-corrected chi connectivity index (χ4v) is 4.23. The van der Waals surface area contributed by atoms with Gasteiger partial charge in [0.25, 0.3) is 5.91 Å². The van der Waals surface area contributed by atoms with Crippen molar-refractivity contribution in [2.45, 2.75) is 11.7 Å². The van der Waals surface area contributed by atoms with Gasteiger partial charge in [-0.2, -0.15) is 5.26 Å². The topological polar surface area (TPSA) is 87.2 Å². The average Bonchev–Trinajstić information content (AvgIpc) is 2.94. The molecule has 136 valence electrons. The Balaban J connectivity index is 2.01. The van der Waals surface area contributed by atoms with Gasteiger partial charge in [0.2, 0.25) is 5.91 Å². The summed E-state index contributed by atoms with van der Waals surface area (Å²) in [5, 5.41) is 10.2. The van der Waals surface area contributed by atoms with Crippen LogP contribution in [0.5, 0.6) is 0 Å². The third-order valence-electron chi connectivity index (χ3n) is 3.94. The molecule has 2 aromatic carbocycles. The molecule has 3 rings (SSSR count). The van der Waals surface area contributed by atoms with Crippen molar-refractivity contribution in [1.82, 2.24) is 0 Å². The van der Waals surface area contributed by atoms with Crippen molar-refractivity contribution in [1.29, 1.82) is 5.26 Å². The fourth-order valence-electron chi connectivity index (χ4n) is 2.66. The largest absolute Gasteiger partial charge is 0.365 e. The Morgan fingerprint density at radius 2 is 1.67 bits per heavy atom. The van der Waals surface area contributed by atoms with E-state index in [1.54, 1.807) is 36.4 Å². The van der Waals surface area contributed by atoms with Gasteiger partial charge < -0.3 is 5.73 Å². The number of carbonyl (C=O) groups excluding carboxylic acids is 2. The fraction of sp³-hybridized carbons (Fsp3) is 0.105. The molecular weight excluding hydrogens is 405 g/mol. The molecule has 0 saturated carbocycles. The third kappa shape index (κ3) is 4.11. The van der Waals surface area contributed by atoms with Crippen LogP contribution in [0.3, 0.4) is 0 Å². The number of nitrogens with zero attached hydrogens (tertiary/aromatic N) is 2. The van der Waals surface area contributed by atoms with Crippen LogP contribution >= 0.6 is 35.0 Å². The summed E-state index contributed by atoms with van der Waals surface area (Å²) in [6, 6.07) is 15.6. The zero-order valence-electron chi connectivity index (χ0n) is 13.9. The van der Waals surface area contributed by atoms with E-state index >= 15 is 0 Å². The highest BCUT2D eigenvalue weighted by molar-refractivity contribution is 8.05. The second kappa shape index (κ2) is 8.05. The van der Waals surface area contributed by atoms with E-state index in [9.17, 15) is 14.9 Å². The molecule has 27 heavy (non-hydrogen) atoms. The van der Waals surface area contributed by atoms with Crippen LogP contribution in [0.2, 0.25) is 10.0 Å². The van der Waals surface area contributed by atoms with Gasteiger partial charge >= 0.3 is 0 Å². The highest BCUT2D eigenvalue weighted by atomic mass is 35.5. The molecule has 2 N–H and O–H groups in total. The third-order valence-corrected chi connectivity index (χ3v) is 5.71. The maximum atomic E-state index is 13.1. The van der Waals surface area contributed by atoms with Crippen LogP contribution in [-0.4, -0.2) is 17.1 Å². The van der Waals surface area contributed by atoms with E-state index < -0.39 is 11.2 Å². The maximum Gasteiger partial charge on any atom is 0.262 e. The molecule has 0 radical (unpaired) electrons. The number of rotatable bonds is 4. The molecule has 0 spiro atoms. The maximum absolute atomic E-state index is 13.1. The number of nitrogens with two attached hydrogens (primary N) is 1. The first-order valence-electron chi connectivity index (χ1n) is 7.85. The summed E-state index contributed by atoms with van der Waals surface area (Å²) < 4.78 is 0. The zero-order valence-corrected chi connectivity index (χ0v) is 16.2. The molecule has 1 fully saturated rings. The molecule has 1 atom stereocenters. The van der Waals surface area contributed by atoms with E-state index in [1.165, 1.54) is 4.90 Å². The van der Waals surface area contributed by atoms with Crippen molar-refractivity contribution < 1.29 is 9.59 Å². The summed E-state index contributed by atoms with van der Waals surface area (Å²) in [5.74, 6) is -1.11. The van der Waals surface area contributed by atoms with Gasteiger partial charge in [0.15, 0.2) is 0 Å². The van der Waals surface area contributed by atoms with Gasteiger partial charge in [0.1, 0.15) is 16.7 Å². The predicted octanol–water partition coefficient (Wildman–Crippen LogP) is 3.90. The molecule has 2 amide bonds. The summed E-state index contributed by atoms with van der Waals surface area (Å²) in [4.78, 5) is 26.1. The first-order chi connectivity index (χ1) is 12.9. The van der Waals surface area contributed by atoms with E-state index in [1.807, 2.05) is 18.2 Å². The average molecular weight is 418 g/mol. The van der Waals surface area contributed by atoms with Gasteiger partial charge in [-0.3, -0.25) is 14.5 Å². The molecule has 0 aromatic heterocycles. The van der Waals surface area contributed by atoms with Gasteiger partial charge in [0.05, 0.1) is 5.25 Å². The van der Waals surface area contributed by atoms with Crippen molar-refractivity contribution in [3.05, 3.63) is 74.7 Å². The Morgan fingerprint density at radius 1 is 1.11 bits per heavy atom. The number of hydrogen-bond donors (Lipinski definition) is 1. The number of thioether (sulfide) groups is 1. The number of anilines is 1. The Labute approximate surface area is 170 Å². The zero-order chi connectivity index (χ0) is 19.6. The second-order valence-electron chi connectivity index (χ2n) is 5.74. The van der Waals surface area contributed by atoms with E-state index in [-0.39, 0.29) is 16.5 Å². The second-order valence-corrected chi connectivity index (χ2v) is 7.81. The number of primary amides is 1. The minimum atomic E-state index is -0.876. The molecule has 0 aliphatic carbocycles. The quantitative estimate of drug-likeness (QED) is 0.603. The highest BCUT2D eigenvalue weighted by Gasteiger charge is 2.40. The van der Waals surface area contributed by atoms with Gasteiger partial charge in [-0.05, 0) is 48.4 Å². The number of nitriles is 1. The van der Waals surface area contributed by atoms with Gasteiger partial charge in [-0.25, -0.2) is 0 Å². The Bertz CT molecular complexity index is 966. The standard InChI is InChI=1S/C19H13Cl2N3O2S/c20-12-3-1-11(2-4-12)9-16-18(26)24(14-7-5-13(21)6-8-14)19(27-16)15(10-22)17(23)25/h1-8,16H,9H2,(H2,23,25)/b19-15-/t16-/m0/s1. The molecule has 1 aliphatic rings. The molecule has 0 bridgehead atoms. The van der Waals surface area contributed by atoms with Gasteiger partial charge in [-0.15, -0.1) is 0 Å². The molecule has 2 aromatic rings. The van der Waals surface area contributed by atoms with Crippen molar-refractivity contribution >= 4 is 52.5 Å². The number of hydrogen-bond acceptors (Lipinski definition) is 4. The van der Waals surface area contributed by atoms with Crippen molar-refractivity contribution in [3.8, 4) is 6.07 Å². The molecule has 1 heterocycles. The summed E-state index contributed by atoms with van der Waals surface area (Å²) in [6.45, 7) is 0. The molecule has 8 heteroatoms. The molecular formula is C19H13Cl2N3O2S. The Morgan fingerprint density at radius 3 is 2.19 bits per heavy atom. The van der Waals surface area contributed by atoms with E-state index in [4.69, 9.17) is 28.9 Å². The van der Waals surface area contributed by atoms with Crippen LogP contribution in [0.4, 0.5) is 5.69 Å². The molecule has 1 aliphatic heterocycles.